The topological polar surface area (TPSA) is 0 Å². The summed E-state index contributed by atoms with van der Waals surface area (Å²) in [6, 6.07) is 0. The summed E-state index contributed by atoms with van der Waals surface area (Å²) in [6.45, 7) is -0.508. The molecule has 0 N–H and O–H groups in total. The van der Waals surface area contributed by atoms with Crippen molar-refractivity contribution in [3.05, 3.63) is 64.0 Å². The van der Waals surface area contributed by atoms with Gasteiger partial charge >= 0.3 is 0 Å². The second-order valence-electron chi connectivity index (χ2n) is 5.48. The molecule has 140 valence electrons. The van der Waals surface area contributed by atoms with Crippen molar-refractivity contribution >= 4 is 17.6 Å². The number of hydrogen-bond acceptors (Lipinski definition) is 0. The van der Waals surface area contributed by atoms with Gasteiger partial charge in [-0.15, -0.1) is 0 Å². The molecule has 0 spiro atoms. The first-order valence-corrected chi connectivity index (χ1v) is 6.76. The van der Waals surface area contributed by atoms with Crippen molar-refractivity contribution in [2.45, 2.75) is 13.8 Å². The summed E-state index contributed by atoms with van der Waals surface area (Å²) in [5.41, 5.74) is -3.46. The van der Waals surface area contributed by atoms with Crippen LogP contribution in [0.4, 0.5) is 43.9 Å². The summed E-state index contributed by atoms with van der Waals surface area (Å²) in [7, 11) is 0. The van der Waals surface area contributed by atoms with Crippen molar-refractivity contribution in [3.8, 4) is 0 Å². The van der Waals surface area contributed by atoms with Crippen LogP contribution in [-0.4, -0.2) is 6.71 Å². The number of hydrogen-bond donors (Lipinski definition) is 0. The maximum Gasteiger partial charge on any atom is 0.200 e. The monoisotopic (exact) mass is 387 g/mol. The Morgan fingerprint density at radius 3 is 0.808 bits per heavy atom. The quantitative estimate of drug-likeness (QED) is 0.247. The largest absolute Gasteiger partial charge is 0.331 e. The SMILES string of the molecule is C[C-](C)B(c1c(F)c(F)c(F)c(F)c1F)c1c(F)c(F)c(F)c(F)c1F. The van der Waals surface area contributed by atoms with Crippen LogP contribution in [0.1, 0.15) is 13.8 Å². The second kappa shape index (κ2) is 6.84. The van der Waals surface area contributed by atoms with E-state index in [1.807, 2.05) is 0 Å². The van der Waals surface area contributed by atoms with Crippen LogP contribution in [0.15, 0.2) is 0 Å². The van der Waals surface area contributed by atoms with Gasteiger partial charge in [0.15, 0.2) is 58.2 Å². The van der Waals surface area contributed by atoms with Gasteiger partial charge in [0.1, 0.15) is 0 Å². The van der Waals surface area contributed by atoms with E-state index < -0.39 is 81.6 Å². The molecule has 26 heavy (non-hydrogen) atoms. The smallest absolute Gasteiger partial charge is 0.200 e. The Bertz CT molecular complexity index is 765. The average molecular weight is 387 g/mol. The van der Waals surface area contributed by atoms with E-state index in [9.17, 15) is 43.9 Å². The summed E-state index contributed by atoms with van der Waals surface area (Å²) in [4.78, 5) is 0. The molecule has 0 aromatic heterocycles. The van der Waals surface area contributed by atoms with Crippen LogP contribution in [0.3, 0.4) is 0 Å². The molecule has 0 atom stereocenters. The van der Waals surface area contributed by atoms with Crippen molar-refractivity contribution < 1.29 is 43.9 Å². The Morgan fingerprint density at radius 2 is 0.615 bits per heavy atom. The second-order valence-corrected chi connectivity index (χ2v) is 5.48. The van der Waals surface area contributed by atoms with Crippen molar-refractivity contribution in [1.82, 2.24) is 0 Å². The minimum Gasteiger partial charge on any atom is -0.331 e. The summed E-state index contributed by atoms with van der Waals surface area (Å²) in [6.07, 6.45) is 0. The predicted octanol–water partition coefficient (Wildman–Crippen LogP) is 3.84. The van der Waals surface area contributed by atoms with E-state index in [1.54, 1.807) is 0 Å². The van der Waals surface area contributed by atoms with Crippen LogP contribution in [0.2, 0.25) is 0 Å². The van der Waals surface area contributed by atoms with Gasteiger partial charge < -0.3 is 5.82 Å². The third-order valence-electron chi connectivity index (χ3n) is 3.64. The van der Waals surface area contributed by atoms with Gasteiger partial charge in [0, 0.05) is 0 Å². The van der Waals surface area contributed by atoms with Crippen LogP contribution in [0.5, 0.6) is 0 Å². The van der Waals surface area contributed by atoms with Crippen LogP contribution in [-0.2, 0) is 0 Å². The molecule has 0 aliphatic rings. The maximum absolute atomic E-state index is 14.0. The lowest BCUT2D eigenvalue weighted by atomic mass is 9.34. The lowest BCUT2D eigenvalue weighted by Gasteiger charge is -2.31. The van der Waals surface area contributed by atoms with Crippen LogP contribution in [0, 0.1) is 64.0 Å². The molecule has 0 bridgehead atoms. The molecular formula is C15H6BF10-. The maximum atomic E-state index is 14.0. The Kier molecular flexibility index (Phi) is 5.30. The number of benzene rings is 2. The molecule has 0 nitrogen and oxygen atoms in total. The first-order chi connectivity index (χ1) is 11.9. The molecule has 0 radical (unpaired) electrons. The molecule has 0 fully saturated rings. The van der Waals surface area contributed by atoms with Crippen molar-refractivity contribution in [2.24, 2.45) is 0 Å². The molecule has 0 heterocycles. The summed E-state index contributed by atoms with van der Waals surface area (Å²) < 4.78 is 136. The molecular weight excluding hydrogens is 381 g/mol. The van der Waals surface area contributed by atoms with Crippen molar-refractivity contribution in [2.75, 3.05) is 0 Å². The predicted molar refractivity (Wildman–Crippen MR) is 72.1 cm³/mol. The first kappa shape index (κ1) is 20.1. The molecule has 0 aliphatic carbocycles. The summed E-state index contributed by atoms with van der Waals surface area (Å²) >= 11 is 0. The molecule has 2 aromatic rings. The van der Waals surface area contributed by atoms with E-state index >= 15 is 0 Å². The van der Waals surface area contributed by atoms with E-state index in [-0.39, 0.29) is 0 Å². The number of halogens is 10. The fourth-order valence-electron chi connectivity index (χ4n) is 2.47. The zero-order valence-electron chi connectivity index (χ0n) is 12.9. The lowest BCUT2D eigenvalue weighted by Crippen LogP contribution is -2.53. The third-order valence-corrected chi connectivity index (χ3v) is 3.64. The normalized spacial score (nSPS) is 11.4. The molecule has 11 heteroatoms. The van der Waals surface area contributed by atoms with Crippen LogP contribution < -0.4 is 10.9 Å². The van der Waals surface area contributed by atoms with Gasteiger partial charge in [-0.3, -0.25) is 0 Å². The molecule has 0 unspecified atom stereocenters. The van der Waals surface area contributed by atoms with Gasteiger partial charge in [0.2, 0.25) is 0 Å². The van der Waals surface area contributed by atoms with Gasteiger partial charge in [-0.2, -0.15) is 13.8 Å². The lowest BCUT2D eigenvalue weighted by molar-refractivity contribution is 0.382. The molecule has 0 amide bonds. The van der Waals surface area contributed by atoms with E-state index in [0.717, 1.165) is 13.8 Å². The zero-order valence-corrected chi connectivity index (χ0v) is 12.9. The fraction of sp³-hybridized carbons (Fsp3) is 0.133. The Morgan fingerprint density at radius 1 is 0.423 bits per heavy atom. The molecule has 0 aliphatic heterocycles. The van der Waals surface area contributed by atoms with Gasteiger partial charge in [0.25, 0.3) is 0 Å². The molecule has 2 rings (SSSR count). The van der Waals surface area contributed by atoms with Crippen molar-refractivity contribution in [3.63, 3.8) is 0 Å². The van der Waals surface area contributed by atoms with Crippen LogP contribution in [0.25, 0.3) is 0 Å². The number of rotatable bonds is 3. The average Bonchev–Trinajstić information content (AvgIpc) is 2.60. The fourth-order valence-corrected chi connectivity index (χ4v) is 2.47. The molecule has 0 saturated heterocycles. The van der Waals surface area contributed by atoms with Crippen LogP contribution >= 0.6 is 0 Å². The zero-order chi connectivity index (χ0) is 20.1. The highest BCUT2D eigenvalue weighted by atomic mass is 19.2. The molecule has 2 aromatic carbocycles. The van der Waals surface area contributed by atoms with E-state index in [0.29, 0.717) is 0 Å². The highest BCUT2D eigenvalue weighted by Gasteiger charge is 2.35. The van der Waals surface area contributed by atoms with E-state index in [1.165, 1.54) is 0 Å². The Labute approximate surface area is 140 Å². The van der Waals surface area contributed by atoms with E-state index in [4.69, 9.17) is 0 Å². The third kappa shape index (κ3) is 2.82. The minimum absolute atomic E-state index is 0.392. The summed E-state index contributed by atoms with van der Waals surface area (Å²) in [5.74, 6) is -24.9. The Balaban J connectivity index is 2.96. The Hall–Kier alpha value is -2.20. The minimum atomic E-state index is -2.53. The highest BCUT2D eigenvalue weighted by Crippen LogP contribution is 2.22. The van der Waals surface area contributed by atoms with E-state index in [2.05, 4.69) is 0 Å². The highest BCUT2D eigenvalue weighted by molar-refractivity contribution is 6.89. The van der Waals surface area contributed by atoms with Gasteiger partial charge in [-0.05, 0) is 10.9 Å². The standard InChI is InChI=1S/C15H6BF10/c1-3(2)16(4-6(17)10(21)14(25)11(22)7(4)18)5-8(19)12(23)15(26)13(24)9(5)20/h1-2H3/q-1. The first-order valence-electron chi connectivity index (χ1n) is 6.76. The van der Waals surface area contributed by atoms with Gasteiger partial charge in [0.05, 0.1) is 6.71 Å². The van der Waals surface area contributed by atoms with Gasteiger partial charge in [-0.25, -0.2) is 43.9 Å². The van der Waals surface area contributed by atoms with Crippen molar-refractivity contribution in [1.29, 1.82) is 0 Å². The van der Waals surface area contributed by atoms with Gasteiger partial charge in [-0.1, -0.05) is 0 Å². The summed E-state index contributed by atoms with van der Waals surface area (Å²) in [5, 5.41) is 0. The molecule has 0 saturated carbocycles.